The SMILES string of the molecule is COc1ccc(C(OCC2O[C@@H](n3ccc(=O)[nH]c3=O)[C@H](CCCN)[C@@H]2O)(c2ccccc2)c2ccc(OC)cc2)cc1. The van der Waals surface area contributed by atoms with E-state index >= 15 is 0 Å². The van der Waals surface area contributed by atoms with Gasteiger partial charge in [0, 0.05) is 18.2 Å². The Hall–Kier alpha value is -4.22. The Bertz CT molecular complexity index is 1540. The fourth-order valence-corrected chi connectivity index (χ4v) is 5.79. The Morgan fingerprint density at radius 2 is 1.47 bits per heavy atom. The normalized spacial score (nSPS) is 20.2. The van der Waals surface area contributed by atoms with Crippen LogP contribution in [0.3, 0.4) is 0 Å². The topological polar surface area (TPSA) is 138 Å². The summed E-state index contributed by atoms with van der Waals surface area (Å²) in [4.78, 5) is 26.7. The van der Waals surface area contributed by atoms with Gasteiger partial charge in [-0.1, -0.05) is 54.6 Å². The zero-order chi connectivity index (χ0) is 30.4. The van der Waals surface area contributed by atoms with Crippen molar-refractivity contribution in [1.82, 2.24) is 9.55 Å². The van der Waals surface area contributed by atoms with Crippen molar-refractivity contribution in [3.05, 3.63) is 129 Å². The van der Waals surface area contributed by atoms with E-state index in [1.165, 1.54) is 16.8 Å². The quantitative estimate of drug-likeness (QED) is 0.215. The number of aliphatic hydroxyl groups is 1. The van der Waals surface area contributed by atoms with Crippen LogP contribution >= 0.6 is 0 Å². The first-order valence-electron chi connectivity index (χ1n) is 14.2. The summed E-state index contributed by atoms with van der Waals surface area (Å²) in [5.74, 6) is 0.952. The summed E-state index contributed by atoms with van der Waals surface area (Å²) in [5.41, 5.74) is 6.10. The molecule has 4 atom stereocenters. The molecule has 0 spiro atoms. The standard InChI is InChI=1S/C33H37N3O7/c1-40-25-14-10-23(11-15-25)33(22-7-4-3-5-8-22,24-12-16-26(41-2)17-13-24)42-21-28-30(38)27(9-6-19-34)31(43-28)36-20-18-29(37)35-32(36)39/h3-5,7-8,10-18,20,27-28,30-31,38H,6,9,19,21,34H2,1-2H3,(H,35,37,39)/t27-,28?,30+,31-/m1/s1. The Labute approximate surface area is 249 Å². The molecule has 1 fully saturated rings. The minimum atomic E-state index is -1.11. The molecule has 4 aromatic rings. The number of hydrogen-bond donors (Lipinski definition) is 3. The van der Waals surface area contributed by atoms with Gasteiger partial charge in [0.1, 0.15) is 29.4 Å². The summed E-state index contributed by atoms with van der Waals surface area (Å²) in [7, 11) is 3.23. The summed E-state index contributed by atoms with van der Waals surface area (Å²) >= 11 is 0. The van der Waals surface area contributed by atoms with E-state index in [2.05, 4.69) is 4.98 Å². The predicted molar refractivity (Wildman–Crippen MR) is 161 cm³/mol. The summed E-state index contributed by atoms with van der Waals surface area (Å²) in [6.07, 6.45) is -0.0287. The molecule has 4 N–H and O–H groups in total. The number of aliphatic hydroxyl groups excluding tert-OH is 1. The average Bonchev–Trinajstić information content (AvgIpc) is 3.35. The summed E-state index contributed by atoms with van der Waals surface area (Å²) in [6.45, 7) is 0.408. The van der Waals surface area contributed by atoms with Crippen LogP contribution in [0.5, 0.6) is 11.5 Å². The van der Waals surface area contributed by atoms with Crippen molar-refractivity contribution < 1.29 is 24.1 Å². The fraction of sp³-hybridized carbons (Fsp3) is 0.333. The number of nitrogens with two attached hydrogens (primary N) is 1. The molecule has 2 heterocycles. The molecule has 1 aromatic heterocycles. The zero-order valence-corrected chi connectivity index (χ0v) is 24.2. The Kier molecular flexibility index (Phi) is 9.42. The number of aromatic amines is 1. The van der Waals surface area contributed by atoms with Gasteiger partial charge in [0.05, 0.1) is 26.9 Å². The number of H-pyrrole nitrogens is 1. The molecule has 1 saturated heterocycles. The molecule has 226 valence electrons. The maximum Gasteiger partial charge on any atom is 0.330 e. The molecule has 0 amide bonds. The average molecular weight is 588 g/mol. The predicted octanol–water partition coefficient (Wildman–Crippen LogP) is 3.18. The number of hydrogen-bond acceptors (Lipinski definition) is 8. The lowest BCUT2D eigenvalue weighted by Gasteiger charge is -2.37. The lowest BCUT2D eigenvalue weighted by molar-refractivity contribution is -0.0949. The summed E-state index contributed by atoms with van der Waals surface area (Å²) < 4.78 is 25.4. The second-order valence-electron chi connectivity index (χ2n) is 10.5. The minimum absolute atomic E-state index is 0.0121. The van der Waals surface area contributed by atoms with E-state index in [4.69, 9.17) is 24.7 Å². The first kappa shape index (κ1) is 30.2. The van der Waals surface area contributed by atoms with Crippen LogP contribution in [0.4, 0.5) is 0 Å². The number of methoxy groups -OCH3 is 2. The van der Waals surface area contributed by atoms with Crippen LogP contribution in [0.25, 0.3) is 0 Å². The maximum absolute atomic E-state index is 12.7. The highest BCUT2D eigenvalue weighted by atomic mass is 16.6. The number of nitrogens with zero attached hydrogens (tertiary/aromatic N) is 1. The first-order chi connectivity index (χ1) is 20.9. The molecular weight excluding hydrogens is 550 g/mol. The molecule has 0 radical (unpaired) electrons. The van der Waals surface area contributed by atoms with Gasteiger partial charge in [0.25, 0.3) is 5.56 Å². The van der Waals surface area contributed by atoms with Crippen molar-refractivity contribution in [2.45, 2.75) is 36.9 Å². The van der Waals surface area contributed by atoms with E-state index < -0.39 is 41.2 Å². The highest BCUT2D eigenvalue weighted by Crippen LogP contribution is 2.44. The molecule has 43 heavy (non-hydrogen) atoms. The minimum Gasteiger partial charge on any atom is -0.497 e. The van der Waals surface area contributed by atoms with Gasteiger partial charge in [0.2, 0.25) is 0 Å². The second-order valence-corrected chi connectivity index (χ2v) is 10.5. The number of ether oxygens (including phenoxy) is 4. The maximum atomic E-state index is 12.7. The third-order valence-corrected chi connectivity index (χ3v) is 8.00. The van der Waals surface area contributed by atoms with Crippen LogP contribution in [0.2, 0.25) is 0 Å². The van der Waals surface area contributed by atoms with E-state index in [-0.39, 0.29) is 6.61 Å². The monoisotopic (exact) mass is 587 g/mol. The van der Waals surface area contributed by atoms with Crippen LogP contribution < -0.4 is 26.5 Å². The molecule has 0 saturated carbocycles. The molecular formula is C33H37N3O7. The van der Waals surface area contributed by atoms with Gasteiger partial charge < -0.3 is 29.8 Å². The third kappa shape index (κ3) is 6.14. The van der Waals surface area contributed by atoms with E-state index in [9.17, 15) is 14.7 Å². The van der Waals surface area contributed by atoms with Crippen LogP contribution in [0.1, 0.15) is 35.8 Å². The lowest BCUT2D eigenvalue weighted by Crippen LogP contribution is -2.38. The number of nitrogens with one attached hydrogen (secondary N) is 1. The molecule has 1 unspecified atom stereocenters. The summed E-state index contributed by atoms with van der Waals surface area (Å²) in [6, 6.07) is 26.4. The van der Waals surface area contributed by atoms with Gasteiger partial charge in [-0.2, -0.15) is 0 Å². The number of rotatable bonds is 12. The molecule has 5 rings (SSSR count). The lowest BCUT2D eigenvalue weighted by atomic mass is 9.80. The van der Waals surface area contributed by atoms with Gasteiger partial charge in [0.15, 0.2) is 0 Å². The van der Waals surface area contributed by atoms with Gasteiger partial charge in [-0.15, -0.1) is 0 Å². The molecule has 10 heteroatoms. The van der Waals surface area contributed by atoms with Crippen molar-refractivity contribution in [1.29, 1.82) is 0 Å². The number of benzene rings is 3. The Morgan fingerprint density at radius 3 is 2.00 bits per heavy atom. The van der Waals surface area contributed by atoms with E-state index in [0.29, 0.717) is 30.9 Å². The van der Waals surface area contributed by atoms with Crippen LogP contribution in [0, 0.1) is 5.92 Å². The van der Waals surface area contributed by atoms with E-state index in [1.807, 2.05) is 78.9 Å². The highest BCUT2D eigenvalue weighted by Gasteiger charge is 2.47. The van der Waals surface area contributed by atoms with E-state index in [0.717, 1.165) is 16.7 Å². The van der Waals surface area contributed by atoms with Crippen LogP contribution in [0.15, 0.2) is 101 Å². The van der Waals surface area contributed by atoms with E-state index in [1.54, 1.807) is 14.2 Å². The molecule has 10 nitrogen and oxygen atoms in total. The van der Waals surface area contributed by atoms with Crippen molar-refractivity contribution >= 4 is 0 Å². The van der Waals surface area contributed by atoms with Gasteiger partial charge in [-0.05, 0) is 60.3 Å². The molecule has 3 aromatic carbocycles. The molecule has 1 aliphatic rings. The van der Waals surface area contributed by atoms with Gasteiger partial charge in [-0.25, -0.2) is 4.79 Å². The largest absolute Gasteiger partial charge is 0.497 e. The second kappa shape index (κ2) is 13.4. The third-order valence-electron chi connectivity index (χ3n) is 8.00. The highest BCUT2D eigenvalue weighted by molar-refractivity contribution is 5.49. The molecule has 1 aliphatic heterocycles. The fourth-order valence-electron chi connectivity index (χ4n) is 5.79. The van der Waals surface area contributed by atoms with Crippen molar-refractivity contribution in [3.63, 3.8) is 0 Å². The van der Waals surface area contributed by atoms with Crippen LogP contribution in [-0.2, 0) is 15.1 Å². The Balaban J connectivity index is 1.57. The smallest absolute Gasteiger partial charge is 0.330 e. The van der Waals surface area contributed by atoms with Crippen LogP contribution in [-0.4, -0.2) is 54.2 Å². The van der Waals surface area contributed by atoms with Gasteiger partial charge in [-0.3, -0.25) is 14.3 Å². The van der Waals surface area contributed by atoms with Gasteiger partial charge >= 0.3 is 5.69 Å². The van der Waals surface area contributed by atoms with Crippen molar-refractivity contribution in [2.75, 3.05) is 27.4 Å². The first-order valence-corrected chi connectivity index (χ1v) is 14.2. The zero-order valence-electron chi connectivity index (χ0n) is 24.2. The number of aromatic nitrogens is 2. The molecule has 0 aliphatic carbocycles. The summed E-state index contributed by atoms with van der Waals surface area (Å²) in [5, 5.41) is 11.5. The van der Waals surface area contributed by atoms with Crippen molar-refractivity contribution in [2.24, 2.45) is 11.7 Å². The Morgan fingerprint density at radius 1 is 0.884 bits per heavy atom. The molecule has 0 bridgehead atoms. The van der Waals surface area contributed by atoms with Crippen molar-refractivity contribution in [3.8, 4) is 11.5 Å².